The van der Waals surface area contributed by atoms with Gasteiger partial charge in [-0.2, -0.15) is 0 Å². The van der Waals surface area contributed by atoms with Gasteiger partial charge in [-0.15, -0.1) is 0 Å². The van der Waals surface area contributed by atoms with Gasteiger partial charge in [-0.25, -0.2) is 4.79 Å². The Morgan fingerprint density at radius 2 is 2.23 bits per heavy atom. The summed E-state index contributed by atoms with van der Waals surface area (Å²) in [4.78, 5) is 18.2. The van der Waals surface area contributed by atoms with Gasteiger partial charge >= 0.3 is 6.09 Å². The number of alkyl carbamates (subject to hydrolysis) is 1. The molecule has 2 atom stereocenters. The van der Waals surface area contributed by atoms with E-state index >= 15 is 0 Å². The molecule has 1 fully saturated rings. The minimum absolute atomic E-state index is 0.0399. The summed E-state index contributed by atoms with van der Waals surface area (Å²) < 4.78 is 5.76. The fourth-order valence-electron chi connectivity index (χ4n) is 2.50. The molecule has 0 spiro atoms. The Morgan fingerprint density at radius 1 is 1.50 bits per heavy atom. The molecule has 2 heterocycles. The third kappa shape index (κ3) is 4.89. The van der Waals surface area contributed by atoms with E-state index in [-0.39, 0.29) is 12.1 Å². The normalized spacial score (nSPS) is 22.3. The Morgan fingerprint density at radius 3 is 2.86 bits per heavy atom. The Balaban J connectivity index is 2.02. The lowest BCUT2D eigenvalue weighted by Gasteiger charge is -2.38. The van der Waals surface area contributed by atoms with Gasteiger partial charge in [0.1, 0.15) is 5.60 Å². The molecule has 1 saturated heterocycles. The molecule has 122 valence electrons. The van der Waals surface area contributed by atoms with Gasteiger partial charge in [-0.3, -0.25) is 4.98 Å². The highest BCUT2D eigenvalue weighted by Gasteiger charge is 2.29. The number of aromatic nitrogens is 1. The number of piperidine rings is 1. The quantitative estimate of drug-likeness (QED) is 0.570. The maximum absolute atomic E-state index is 12.0. The van der Waals surface area contributed by atoms with Gasteiger partial charge in [0.05, 0.1) is 23.6 Å². The summed E-state index contributed by atoms with van der Waals surface area (Å²) in [5, 5.41) is 2.96. The molecule has 1 aliphatic rings. The average Bonchev–Trinajstić information content (AvgIpc) is 2.35. The molecular weight excluding hydrogens is 395 g/mol. The number of ether oxygens (including phenoxy) is 1. The second kappa shape index (κ2) is 6.89. The topological polar surface area (TPSA) is 80.5 Å². The Hall–Kier alpha value is -1.25. The molecule has 0 aromatic carbocycles. The van der Waals surface area contributed by atoms with Crippen LogP contribution in [0.15, 0.2) is 18.5 Å². The first-order valence-corrected chi connectivity index (χ1v) is 8.57. The lowest BCUT2D eigenvalue weighted by molar-refractivity contribution is 0.0501. The van der Waals surface area contributed by atoms with E-state index in [1.54, 1.807) is 12.4 Å². The number of hydrogen-bond acceptors (Lipinski definition) is 5. The highest BCUT2D eigenvalue weighted by atomic mass is 127. The van der Waals surface area contributed by atoms with Crippen molar-refractivity contribution in [2.24, 2.45) is 0 Å². The molecule has 7 heteroatoms. The van der Waals surface area contributed by atoms with Crippen LogP contribution in [0.4, 0.5) is 16.2 Å². The molecule has 6 nitrogen and oxygen atoms in total. The molecule has 0 bridgehead atoms. The molecule has 0 saturated carbocycles. The number of rotatable bonds is 2. The van der Waals surface area contributed by atoms with Gasteiger partial charge in [-0.05, 0) is 33.3 Å². The van der Waals surface area contributed by atoms with Gasteiger partial charge in [0.15, 0.2) is 0 Å². The molecule has 0 radical (unpaired) electrons. The van der Waals surface area contributed by atoms with Crippen molar-refractivity contribution in [1.29, 1.82) is 0 Å². The van der Waals surface area contributed by atoms with Crippen LogP contribution >= 0.6 is 22.6 Å². The molecule has 1 aromatic heterocycles. The lowest BCUT2D eigenvalue weighted by atomic mass is 10.0. The number of anilines is 2. The van der Waals surface area contributed by atoms with Crippen LogP contribution in [0.3, 0.4) is 0 Å². The van der Waals surface area contributed by atoms with Crippen LogP contribution in [0.2, 0.25) is 0 Å². The van der Waals surface area contributed by atoms with Crippen LogP contribution in [-0.2, 0) is 4.74 Å². The third-order valence-electron chi connectivity index (χ3n) is 3.29. The summed E-state index contributed by atoms with van der Waals surface area (Å²) in [7, 11) is 0. The highest BCUT2D eigenvalue weighted by Crippen LogP contribution is 2.27. The molecule has 1 amide bonds. The van der Waals surface area contributed by atoms with Gasteiger partial charge in [0, 0.05) is 23.2 Å². The molecule has 2 rings (SSSR count). The summed E-state index contributed by atoms with van der Waals surface area (Å²) in [6, 6.07) is 1.95. The molecule has 0 aliphatic carbocycles. The van der Waals surface area contributed by atoms with Crippen LogP contribution in [0.25, 0.3) is 0 Å². The van der Waals surface area contributed by atoms with Gasteiger partial charge < -0.3 is 20.7 Å². The predicted octanol–water partition coefficient (Wildman–Crippen LogP) is 2.57. The lowest BCUT2D eigenvalue weighted by Crippen LogP contribution is -2.52. The number of carbonyl (C=O) groups excluding carboxylic acids is 1. The van der Waals surface area contributed by atoms with Gasteiger partial charge in [0.2, 0.25) is 0 Å². The van der Waals surface area contributed by atoms with Crippen LogP contribution in [0, 0.1) is 0 Å². The minimum atomic E-state index is -0.488. The number of nitrogens with two attached hydrogens (primary N) is 1. The van der Waals surface area contributed by atoms with Crippen LogP contribution in [0.5, 0.6) is 0 Å². The van der Waals surface area contributed by atoms with E-state index in [0.29, 0.717) is 16.2 Å². The number of nitrogen functional groups attached to an aromatic ring is 1. The van der Waals surface area contributed by atoms with Crippen molar-refractivity contribution < 1.29 is 9.53 Å². The van der Waals surface area contributed by atoms with Crippen molar-refractivity contribution in [3.05, 3.63) is 18.5 Å². The van der Waals surface area contributed by atoms with E-state index in [0.717, 1.165) is 18.7 Å². The van der Waals surface area contributed by atoms with Crippen LogP contribution in [0.1, 0.15) is 27.2 Å². The molecule has 1 aliphatic heterocycles. The van der Waals surface area contributed by atoms with Gasteiger partial charge in [0.25, 0.3) is 0 Å². The number of alkyl halides is 1. The number of nitrogens with zero attached hydrogens (tertiary/aromatic N) is 2. The van der Waals surface area contributed by atoms with Crippen molar-refractivity contribution in [2.75, 3.05) is 23.7 Å². The first kappa shape index (κ1) is 17.1. The summed E-state index contributed by atoms with van der Waals surface area (Å²) in [5.74, 6) is 0. The Labute approximate surface area is 144 Å². The number of amides is 1. The van der Waals surface area contributed by atoms with Crippen molar-refractivity contribution in [2.45, 2.75) is 42.8 Å². The summed E-state index contributed by atoms with van der Waals surface area (Å²) in [6.07, 6.45) is 3.94. The Kier molecular flexibility index (Phi) is 5.36. The second-order valence-electron chi connectivity index (χ2n) is 6.52. The van der Waals surface area contributed by atoms with Gasteiger partial charge in [-0.1, -0.05) is 22.6 Å². The van der Waals surface area contributed by atoms with E-state index < -0.39 is 5.60 Å². The maximum atomic E-state index is 12.0. The van der Waals surface area contributed by atoms with E-state index in [1.165, 1.54) is 0 Å². The SMILES string of the molecule is CC(C)(C)OC(=O)N[C@H]1C[C@@H](I)CN(c2ccncc2N)C1. The fraction of sp³-hybridized carbons (Fsp3) is 0.600. The second-order valence-corrected chi connectivity index (χ2v) is 8.28. The van der Waals surface area contributed by atoms with Crippen LogP contribution in [-0.4, -0.2) is 39.7 Å². The fourth-order valence-corrected chi connectivity index (χ4v) is 3.59. The zero-order valence-corrected chi connectivity index (χ0v) is 15.3. The third-order valence-corrected chi connectivity index (χ3v) is 4.19. The Bertz CT molecular complexity index is 533. The van der Waals surface area contributed by atoms with Crippen molar-refractivity contribution in [1.82, 2.24) is 10.3 Å². The first-order valence-electron chi connectivity index (χ1n) is 7.32. The summed E-state index contributed by atoms with van der Waals surface area (Å²) in [5.41, 5.74) is 7.14. The van der Waals surface area contributed by atoms with E-state index in [1.807, 2.05) is 26.8 Å². The molecule has 0 unspecified atom stereocenters. The monoisotopic (exact) mass is 418 g/mol. The van der Waals surface area contributed by atoms with Crippen molar-refractivity contribution >= 4 is 40.1 Å². The number of halogens is 1. The maximum Gasteiger partial charge on any atom is 0.407 e. The summed E-state index contributed by atoms with van der Waals surface area (Å²) in [6.45, 7) is 7.20. The zero-order chi connectivity index (χ0) is 16.3. The number of carbonyl (C=O) groups is 1. The average molecular weight is 418 g/mol. The minimum Gasteiger partial charge on any atom is -0.444 e. The standard InChI is InChI=1S/C15H23IN4O2/c1-15(2,3)22-14(21)19-11-6-10(16)8-20(9-11)13-4-5-18-7-12(13)17/h4-5,7,10-11H,6,8-9,17H2,1-3H3,(H,19,21)/t10-,11+/m1/s1. The molecular formula is C15H23IN4O2. The highest BCUT2D eigenvalue weighted by molar-refractivity contribution is 14.1. The predicted molar refractivity (Wildman–Crippen MR) is 96.4 cm³/mol. The number of pyridine rings is 1. The van der Waals surface area contributed by atoms with Crippen molar-refractivity contribution in [3.63, 3.8) is 0 Å². The largest absolute Gasteiger partial charge is 0.444 e. The smallest absolute Gasteiger partial charge is 0.407 e. The van der Waals surface area contributed by atoms with E-state index in [9.17, 15) is 4.79 Å². The zero-order valence-electron chi connectivity index (χ0n) is 13.2. The number of nitrogens with one attached hydrogen (secondary N) is 1. The van der Waals surface area contributed by atoms with Crippen molar-refractivity contribution in [3.8, 4) is 0 Å². The van der Waals surface area contributed by atoms with E-state index in [2.05, 4.69) is 37.8 Å². The summed E-state index contributed by atoms with van der Waals surface area (Å²) >= 11 is 2.41. The molecule has 1 aromatic rings. The van der Waals surface area contributed by atoms with E-state index in [4.69, 9.17) is 10.5 Å². The molecule has 22 heavy (non-hydrogen) atoms. The first-order chi connectivity index (χ1) is 10.2. The van der Waals surface area contributed by atoms with Crippen LogP contribution < -0.4 is 16.0 Å². The molecule has 3 N–H and O–H groups in total. The number of hydrogen-bond donors (Lipinski definition) is 2.